The lowest BCUT2D eigenvalue weighted by Gasteiger charge is -2.13. The number of aliphatic hydroxyl groups excluding tert-OH is 1. The van der Waals surface area contributed by atoms with Crippen molar-refractivity contribution in [1.29, 1.82) is 0 Å². The molecule has 0 unspecified atom stereocenters. The van der Waals surface area contributed by atoms with Crippen LogP contribution in [-0.2, 0) is 6.18 Å². The quantitative estimate of drug-likeness (QED) is 0.880. The Hall–Kier alpha value is -0.300. The Morgan fingerprint density at radius 2 is 1.94 bits per heavy atom. The lowest BCUT2D eigenvalue weighted by Crippen LogP contribution is -2.15. The summed E-state index contributed by atoms with van der Waals surface area (Å²) in [5, 5.41) is 8.77. The van der Waals surface area contributed by atoms with Crippen LogP contribution < -0.4 is 5.73 Å². The molecule has 0 aliphatic heterocycles. The Morgan fingerprint density at radius 3 is 2.31 bits per heavy atom. The van der Waals surface area contributed by atoms with Crippen LogP contribution in [0.25, 0.3) is 0 Å². The lowest BCUT2D eigenvalue weighted by atomic mass is 10.1. The third kappa shape index (κ3) is 3.62. The zero-order chi connectivity index (χ0) is 11.6. The van der Waals surface area contributed by atoms with Crippen molar-refractivity contribution < 1.29 is 18.3 Å². The van der Waals surface area contributed by atoms with Gasteiger partial charge in [-0.2, -0.15) is 13.2 Å². The van der Waals surface area contributed by atoms with E-state index in [2.05, 4.69) is 15.9 Å². The van der Waals surface area contributed by atoms with Crippen LogP contribution >= 0.6 is 28.3 Å². The van der Waals surface area contributed by atoms with E-state index in [4.69, 9.17) is 10.8 Å². The van der Waals surface area contributed by atoms with Crippen LogP contribution in [-0.4, -0.2) is 11.7 Å². The Morgan fingerprint density at radius 1 is 1.38 bits per heavy atom. The van der Waals surface area contributed by atoms with E-state index >= 15 is 0 Å². The standard InChI is InChI=1S/C9H9BrF3NO.ClH/c10-7-3-5(9(11,12)13)1-2-6(7)8(14)4-15;/h1-3,8,15H,4,14H2;1H/t8-;/m0./s1. The normalized spacial score (nSPS) is 13.1. The molecule has 1 aromatic carbocycles. The maximum absolute atomic E-state index is 12.3. The molecule has 92 valence electrons. The number of nitrogens with two attached hydrogens (primary N) is 1. The molecule has 0 aliphatic rings. The van der Waals surface area contributed by atoms with Gasteiger partial charge in [-0.1, -0.05) is 22.0 Å². The molecule has 3 N–H and O–H groups in total. The number of hydrogen-bond acceptors (Lipinski definition) is 2. The molecule has 0 saturated heterocycles. The summed E-state index contributed by atoms with van der Waals surface area (Å²) in [6.07, 6.45) is -4.37. The van der Waals surface area contributed by atoms with Crippen molar-refractivity contribution in [3.05, 3.63) is 33.8 Å². The van der Waals surface area contributed by atoms with Crippen LogP contribution in [0.1, 0.15) is 17.2 Å². The summed E-state index contributed by atoms with van der Waals surface area (Å²) in [5.41, 5.74) is 5.20. The van der Waals surface area contributed by atoms with Gasteiger partial charge in [-0.3, -0.25) is 0 Å². The molecule has 7 heteroatoms. The van der Waals surface area contributed by atoms with Gasteiger partial charge in [0.2, 0.25) is 0 Å². The topological polar surface area (TPSA) is 46.2 Å². The van der Waals surface area contributed by atoms with E-state index in [1.54, 1.807) is 0 Å². The number of aliphatic hydroxyl groups is 1. The molecule has 1 atom stereocenters. The maximum atomic E-state index is 12.3. The van der Waals surface area contributed by atoms with Crippen molar-refractivity contribution in [1.82, 2.24) is 0 Å². The van der Waals surface area contributed by atoms with Gasteiger partial charge < -0.3 is 10.8 Å². The summed E-state index contributed by atoms with van der Waals surface area (Å²) in [5.74, 6) is 0. The van der Waals surface area contributed by atoms with Crippen molar-refractivity contribution in [2.75, 3.05) is 6.61 Å². The number of alkyl halides is 3. The average molecular weight is 321 g/mol. The summed E-state index contributed by atoms with van der Waals surface area (Å²) in [6.45, 7) is -0.316. The molecule has 1 rings (SSSR count). The second-order valence-electron chi connectivity index (χ2n) is 3.02. The third-order valence-corrected chi connectivity index (χ3v) is 2.61. The molecule has 0 aromatic heterocycles. The van der Waals surface area contributed by atoms with Crippen molar-refractivity contribution in [3.8, 4) is 0 Å². The molecule has 0 saturated carbocycles. The van der Waals surface area contributed by atoms with Gasteiger partial charge in [0.1, 0.15) is 0 Å². The van der Waals surface area contributed by atoms with Crippen LogP contribution in [0.5, 0.6) is 0 Å². The van der Waals surface area contributed by atoms with Gasteiger partial charge in [-0.15, -0.1) is 12.4 Å². The van der Waals surface area contributed by atoms with Gasteiger partial charge in [-0.05, 0) is 17.7 Å². The second-order valence-corrected chi connectivity index (χ2v) is 3.88. The third-order valence-electron chi connectivity index (χ3n) is 1.92. The van der Waals surface area contributed by atoms with E-state index in [-0.39, 0.29) is 23.5 Å². The molecular weight excluding hydrogens is 310 g/mol. The monoisotopic (exact) mass is 319 g/mol. The van der Waals surface area contributed by atoms with Crippen LogP contribution in [0.4, 0.5) is 13.2 Å². The van der Waals surface area contributed by atoms with E-state index in [0.29, 0.717) is 5.56 Å². The Kier molecular flexibility index (Phi) is 5.75. The molecule has 1 aromatic rings. The summed E-state index contributed by atoms with van der Waals surface area (Å²) in [4.78, 5) is 0. The molecule has 16 heavy (non-hydrogen) atoms. The first kappa shape index (κ1) is 15.7. The molecule has 0 bridgehead atoms. The first-order valence-electron chi connectivity index (χ1n) is 4.09. The predicted octanol–water partition coefficient (Wildman–Crippen LogP) is 2.88. The highest BCUT2D eigenvalue weighted by molar-refractivity contribution is 9.10. The van der Waals surface area contributed by atoms with Crippen LogP contribution in [0.15, 0.2) is 22.7 Å². The fraction of sp³-hybridized carbons (Fsp3) is 0.333. The minimum atomic E-state index is -4.37. The first-order valence-corrected chi connectivity index (χ1v) is 4.88. The highest BCUT2D eigenvalue weighted by atomic mass is 79.9. The van der Waals surface area contributed by atoms with Crippen LogP contribution in [0.3, 0.4) is 0 Å². The van der Waals surface area contributed by atoms with Crippen molar-refractivity contribution >= 4 is 28.3 Å². The van der Waals surface area contributed by atoms with E-state index in [1.807, 2.05) is 0 Å². The summed E-state index contributed by atoms with van der Waals surface area (Å²) >= 11 is 2.99. The van der Waals surface area contributed by atoms with Gasteiger partial charge in [0.15, 0.2) is 0 Å². The molecule has 2 nitrogen and oxygen atoms in total. The zero-order valence-corrected chi connectivity index (χ0v) is 10.4. The predicted molar refractivity (Wildman–Crippen MR) is 60.4 cm³/mol. The summed E-state index contributed by atoms with van der Waals surface area (Å²) < 4.78 is 37.1. The zero-order valence-electron chi connectivity index (χ0n) is 7.96. The Bertz CT molecular complexity index is 359. The van der Waals surface area contributed by atoms with E-state index in [1.165, 1.54) is 6.07 Å². The molecule has 0 radical (unpaired) electrons. The SMILES string of the molecule is Cl.N[C@@H](CO)c1ccc(C(F)(F)F)cc1Br. The maximum Gasteiger partial charge on any atom is 0.416 e. The minimum Gasteiger partial charge on any atom is -0.394 e. The van der Waals surface area contributed by atoms with Crippen LogP contribution in [0.2, 0.25) is 0 Å². The molecule has 0 fully saturated rings. The molecule has 0 spiro atoms. The van der Waals surface area contributed by atoms with E-state index < -0.39 is 17.8 Å². The number of rotatable bonds is 2. The van der Waals surface area contributed by atoms with Gasteiger partial charge in [0.05, 0.1) is 18.2 Å². The number of hydrogen-bond donors (Lipinski definition) is 2. The lowest BCUT2D eigenvalue weighted by molar-refractivity contribution is -0.137. The smallest absolute Gasteiger partial charge is 0.394 e. The van der Waals surface area contributed by atoms with Gasteiger partial charge >= 0.3 is 6.18 Å². The number of halogens is 5. The highest BCUT2D eigenvalue weighted by Gasteiger charge is 2.31. The van der Waals surface area contributed by atoms with Gasteiger partial charge in [0.25, 0.3) is 0 Å². The van der Waals surface area contributed by atoms with Crippen molar-refractivity contribution in [2.45, 2.75) is 12.2 Å². The molecular formula is C9H10BrClF3NO. The summed E-state index contributed by atoms with van der Waals surface area (Å²) in [7, 11) is 0. The molecule has 0 heterocycles. The van der Waals surface area contributed by atoms with Gasteiger partial charge in [0, 0.05) is 4.47 Å². The fourth-order valence-electron chi connectivity index (χ4n) is 1.10. The molecule has 0 amide bonds. The Balaban J connectivity index is 0.00000225. The average Bonchev–Trinajstić information content (AvgIpc) is 2.15. The second kappa shape index (κ2) is 5.86. The van der Waals surface area contributed by atoms with Crippen molar-refractivity contribution in [3.63, 3.8) is 0 Å². The molecule has 0 aliphatic carbocycles. The first-order chi connectivity index (χ1) is 6.86. The highest BCUT2D eigenvalue weighted by Crippen LogP contribution is 2.33. The number of benzene rings is 1. The van der Waals surface area contributed by atoms with Gasteiger partial charge in [-0.25, -0.2) is 0 Å². The fourth-order valence-corrected chi connectivity index (χ4v) is 1.78. The summed E-state index contributed by atoms with van der Waals surface area (Å²) in [6, 6.07) is 2.47. The minimum absolute atomic E-state index is 0. The van der Waals surface area contributed by atoms with E-state index in [9.17, 15) is 13.2 Å². The van der Waals surface area contributed by atoms with E-state index in [0.717, 1.165) is 12.1 Å². The van der Waals surface area contributed by atoms with Crippen LogP contribution in [0, 0.1) is 0 Å². The largest absolute Gasteiger partial charge is 0.416 e. The Labute approximate surface area is 105 Å². The van der Waals surface area contributed by atoms with Crippen molar-refractivity contribution in [2.24, 2.45) is 5.73 Å².